The third-order valence-electron chi connectivity index (χ3n) is 3.36. The van der Waals surface area contributed by atoms with E-state index >= 15 is 0 Å². The van der Waals surface area contributed by atoms with Gasteiger partial charge in [0.2, 0.25) is 5.95 Å². The van der Waals surface area contributed by atoms with E-state index in [1.54, 1.807) is 11.3 Å². The summed E-state index contributed by atoms with van der Waals surface area (Å²) in [6.45, 7) is 5.84. The smallest absolute Gasteiger partial charge is 0.224 e. The van der Waals surface area contributed by atoms with E-state index in [9.17, 15) is 0 Å². The van der Waals surface area contributed by atoms with Crippen LogP contribution in [0, 0.1) is 6.92 Å². The van der Waals surface area contributed by atoms with Crippen LogP contribution in [0.5, 0.6) is 0 Å². The third-order valence-corrected chi connectivity index (χ3v) is 4.41. The van der Waals surface area contributed by atoms with Gasteiger partial charge in [0.25, 0.3) is 0 Å². The van der Waals surface area contributed by atoms with E-state index < -0.39 is 0 Å². The molecule has 0 spiro atoms. The number of hydrogen-bond donors (Lipinski definition) is 2. The number of rotatable bonds is 6. The molecule has 0 bridgehead atoms. The molecular weight excluding hydrogens is 310 g/mol. The van der Waals surface area contributed by atoms with Gasteiger partial charge >= 0.3 is 0 Å². The van der Waals surface area contributed by atoms with Gasteiger partial charge in [0.05, 0.1) is 28.1 Å². The number of nitrogen functional groups attached to an aromatic ring is 1. The molecule has 0 saturated carbocycles. The molecule has 0 fully saturated rings. The molecule has 7 heteroatoms. The molecule has 1 aromatic carbocycles. The van der Waals surface area contributed by atoms with Crippen molar-refractivity contribution in [2.24, 2.45) is 0 Å². The van der Waals surface area contributed by atoms with Crippen LogP contribution in [0.25, 0.3) is 20.8 Å². The fourth-order valence-electron chi connectivity index (χ4n) is 2.30. The molecule has 0 saturated heterocycles. The molecule has 0 atom stereocenters. The van der Waals surface area contributed by atoms with Crippen LogP contribution < -0.4 is 11.1 Å². The van der Waals surface area contributed by atoms with E-state index in [0.717, 1.165) is 26.5 Å². The zero-order valence-corrected chi connectivity index (χ0v) is 14.0. The van der Waals surface area contributed by atoms with E-state index in [1.165, 1.54) is 0 Å². The number of nitrogens with two attached hydrogens (primary N) is 1. The number of nitrogens with one attached hydrogen (secondary N) is 1. The van der Waals surface area contributed by atoms with Gasteiger partial charge in [-0.15, -0.1) is 11.3 Å². The number of benzene rings is 1. The number of anilines is 2. The number of fused-ring (bicyclic) bond motifs is 1. The predicted molar refractivity (Wildman–Crippen MR) is 94.8 cm³/mol. The van der Waals surface area contributed by atoms with E-state index in [1.807, 2.05) is 38.1 Å². The summed E-state index contributed by atoms with van der Waals surface area (Å²) in [7, 11) is 0. The first-order valence-electron chi connectivity index (χ1n) is 7.50. The van der Waals surface area contributed by atoms with Gasteiger partial charge in [0, 0.05) is 13.2 Å². The monoisotopic (exact) mass is 329 g/mol. The topological polar surface area (TPSA) is 86.0 Å². The number of para-hydroxylation sites is 1. The lowest BCUT2D eigenvalue weighted by atomic mass is 10.2. The van der Waals surface area contributed by atoms with Gasteiger partial charge in [-0.05, 0) is 26.0 Å². The summed E-state index contributed by atoms with van der Waals surface area (Å²) in [6.07, 6.45) is 0. The lowest BCUT2D eigenvalue weighted by Crippen LogP contribution is -2.13. The SMILES string of the molecule is CCOCCNc1nc(C)c(-c2nc3ccccc3s2)c(N)n1. The Hall–Kier alpha value is -2.25. The summed E-state index contributed by atoms with van der Waals surface area (Å²) in [6, 6.07) is 8.02. The van der Waals surface area contributed by atoms with Gasteiger partial charge in [0.1, 0.15) is 10.8 Å². The molecule has 2 aromatic heterocycles. The minimum atomic E-state index is 0.440. The van der Waals surface area contributed by atoms with Crippen molar-refractivity contribution in [1.82, 2.24) is 15.0 Å². The average molecular weight is 329 g/mol. The highest BCUT2D eigenvalue weighted by Crippen LogP contribution is 2.34. The van der Waals surface area contributed by atoms with E-state index in [-0.39, 0.29) is 0 Å². The Morgan fingerprint density at radius 1 is 1.22 bits per heavy atom. The molecule has 6 nitrogen and oxygen atoms in total. The Kier molecular flexibility index (Phi) is 4.68. The molecule has 0 radical (unpaired) electrons. The normalized spacial score (nSPS) is 11.0. The molecule has 0 unspecified atom stereocenters. The van der Waals surface area contributed by atoms with Gasteiger partial charge in [-0.1, -0.05) is 12.1 Å². The molecule has 3 aromatic rings. The van der Waals surface area contributed by atoms with Gasteiger partial charge in [-0.2, -0.15) is 4.98 Å². The molecule has 0 aliphatic heterocycles. The first-order valence-corrected chi connectivity index (χ1v) is 8.32. The van der Waals surface area contributed by atoms with Crippen LogP contribution in [0.2, 0.25) is 0 Å². The quantitative estimate of drug-likeness (QED) is 0.676. The molecule has 2 heterocycles. The average Bonchev–Trinajstić information content (AvgIpc) is 2.94. The zero-order chi connectivity index (χ0) is 16.2. The molecule has 120 valence electrons. The Balaban J connectivity index is 1.87. The summed E-state index contributed by atoms with van der Waals surface area (Å²) in [5.41, 5.74) is 8.74. The lowest BCUT2D eigenvalue weighted by Gasteiger charge is -2.10. The highest BCUT2D eigenvalue weighted by atomic mass is 32.1. The van der Waals surface area contributed by atoms with Crippen LogP contribution >= 0.6 is 11.3 Å². The van der Waals surface area contributed by atoms with Crippen LogP contribution in [0.15, 0.2) is 24.3 Å². The molecule has 3 N–H and O–H groups in total. The van der Waals surface area contributed by atoms with Crippen LogP contribution in [0.3, 0.4) is 0 Å². The predicted octanol–water partition coefficient (Wildman–Crippen LogP) is 3.09. The van der Waals surface area contributed by atoms with E-state index in [2.05, 4.69) is 20.3 Å². The fraction of sp³-hybridized carbons (Fsp3) is 0.312. The van der Waals surface area contributed by atoms with Gasteiger partial charge in [-0.25, -0.2) is 9.97 Å². The zero-order valence-electron chi connectivity index (χ0n) is 13.2. The van der Waals surface area contributed by atoms with Gasteiger partial charge in [0.15, 0.2) is 0 Å². The summed E-state index contributed by atoms with van der Waals surface area (Å²) in [5.74, 6) is 0.958. The maximum absolute atomic E-state index is 6.15. The van der Waals surface area contributed by atoms with Gasteiger partial charge in [-0.3, -0.25) is 0 Å². The van der Waals surface area contributed by atoms with Gasteiger partial charge < -0.3 is 15.8 Å². The first kappa shape index (κ1) is 15.6. The number of aromatic nitrogens is 3. The number of thiazole rings is 1. The molecule has 3 rings (SSSR count). The largest absolute Gasteiger partial charge is 0.383 e. The number of hydrogen-bond acceptors (Lipinski definition) is 7. The fourth-order valence-corrected chi connectivity index (χ4v) is 3.37. The second-order valence-corrected chi connectivity index (χ2v) is 6.03. The van der Waals surface area contributed by atoms with E-state index in [4.69, 9.17) is 10.5 Å². The van der Waals surface area contributed by atoms with Crippen molar-refractivity contribution in [3.8, 4) is 10.6 Å². The van der Waals surface area contributed by atoms with Crippen molar-refractivity contribution in [1.29, 1.82) is 0 Å². The van der Waals surface area contributed by atoms with Crippen LogP contribution in [0.4, 0.5) is 11.8 Å². The maximum Gasteiger partial charge on any atom is 0.224 e. The van der Waals surface area contributed by atoms with Crippen molar-refractivity contribution >= 4 is 33.3 Å². The van der Waals surface area contributed by atoms with Crippen molar-refractivity contribution in [2.75, 3.05) is 30.8 Å². The molecular formula is C16H19N5OS. The highest BCUT2D eigenvalue weighted by Gasteiger charge is 2.15. The second kappa shape index (κ2) is 6.89. The van der Waals surface area contributed by atoms with Crippen LogP contribution in [0.1, 0.15) is 12.6 Å². The van der Waals surface area contributed by atoms with Crippen molar-refractivity contribution in [3.63, 3.8) is 0 Å². The highest BCUT2D eigenvalue weighted by molar-refractivity contribution is 7.21. The van der Waals surface area contributed by atoms with Crippen LogP contribution in [-0.2, 0) is 4.74 Å². The van der Waals surface area contributed by atoms with Crippen molar-refractivity contribution in [3.05, 3.63) is 30.0 Å². The standard InChI is InChI=1S/C16H19N5OS/c1-3-22-9-8-18-16-19-10(2)13(14(17)21-16)15-20-11-6-4-5-7-12(11)23-15/h4-7H,3,8-9H2,1-2H3,(H3,17,18,19,21). The Labute approximate surface area is 138 Å². The maximum atomic E-state index is 6.15. The Morgan fingerprint density at radius 3 is 2.78 bits per heavy atom. The minimum absolute atomic E-state index is 0.440. The number of aryl methyl sites for hydroxylation is 1. The lowest BCUT2D eigenvalue weighted by molar-refractivity contribution is 0.158. The molecule has 0 aliphatic carbocycles. The summed E-state index contributed by atoms with van der Waals surface area (Å²) in [4.78, 5) is 13.5. The minimum Gasteiger partial charge on any atom is -0.383 e. The summed E-state index contributed by atoms with van der Waals surface area (Å²) >= 11 is 1.60. The van der Waals surface area contributed by atoms with Crippen LogP contribution in [-0.4, -0.2) is 34.7 Å². The first-order chi connectivity index (χ1) is 11.2. The summed E-state index contributed by atoms with van der Waals surface area (Å²) < 4.78 is 6.41. The second-order valence-electron chi connectivity index (χ2n) is 5.00. The molecule has 0 amide bonds. The van der Waals surface area contributed by atoms with Crippen molar-refractivity contribution < 1.29 is 4.74 Å². The Bertz CT molecular complexity index is 761. The van der Waals surface area contributed by atoms with Crippen molar-refractivity contribution in [2.45, 2.75) is 13.8 Å². The summed E-state index contributed by atoms with van der Waals surface area (Å²) in [5, 5.41) is 3.97. The number of ether oxygens (including phenoxy) is 1. The Morgan fingerprint density at radius 2 is 2.04 bits per heavy atom. The molecule has 23 heavy (non-hydrogen) atoms. The van der Waals surface area contributed by atoms with E-state index in [0.29, 0.717) is 31.5 Å². The third kappa shape index (κ3) is 3.40. The molecule has 0 aliphatic rings. The number of nitrogens with zero attached hydrogens (tertiary/aromatic N) is 3.